The highest BCUT2D eigenvalue weighted by molar-refractivity contribution is 5.23. The maximum absolute atomic E-state index is 4.89. The van der Waals surface area contributed by atoms with Crippen molar-refractivity contribution < 1.29 is 4.42 Å². The minimum atomic E-state index is 0.987. The largest absolute Gasteiger partial charge is 0.461 e. The Morgan fingerprint density at radius 2 is 2.50 bits per heavy atom. The number of furan rings is 1. The average molecular weight is 159 g/mol. The third-order valence-electron chi connectivity index (χ3n) is 2.04. The van der Waals surface area contributed by atoms with Gasteiger partial charge in [-0.2, -0.15) is 0 Å². The van der Waals surface area contributed by atoms with Crippen molar-refractivity contribution in [3.63, 3.8) is 0 Å². The molecule has 0 spiro atoms. The molecule has 0 saturated heterocycles. The Morgan fingerprint density at radius 1 is 1.50 bits per heavy atom. The van der Waals surface area contributed by atoms with Crippen LogP contribution in [0, 0.1) is 6.26 Å². The number of allylic oxidation sites excluding steroid dienone is 4. The molecule has 1 nitrogen and oxygen atoms in total. The van der Waals surface area contributed by atoms with Crippen LogP contribution in [0.25, 0.3) is 0 Å². The first-order valence-corrected chi connectivity index (χ1v) is 4.24. The highest BCUT2D eigenvalue weighted by Gasteiger charge is 2.02. The quantitative estimate of drug-likeness (QED) is 0.646. The molecule has 0 aromatic carbocycles. The lowest BCUT2D eigenvalue weighted by atomic mass is 9.99. The molecule has 1 heteroatoms. The minimum Gasteiger partial charge on any atom is -0.461 e. The zero-order valence-electron chi connectivity index (χ0n) is 6.92. The Kier molecular flexibility index (Phi) is 2.12. The summed E-state index contributed by atoms with van der Waals surface area (Å²) in [6.45, 7) is 0. The number of hydrogen-bond acceptors (Lipinski definition) is 1. The summed E-state index contributed by atoms with van der Waals surface area (Å²) in [6.07, 6.45) is 14.4. The van der Waals surface area contributed by atoms with Crippen LogP contribution in [0.15, 0.2) is 40.5 Å². The van der Waals surface area contributed by atoms with Gasteiger partial charge in [-0.3, -0.25) is 0 Å². The predicted molar refractivity (Wildman–Crippen MR) is 47.7 cm³/mol. The van der Waals surface area contributed by atoms with E-state index in [1.807, 2.05) is 6.07 Å². The molecule has 1 radical (unpaired) electrons. The first kappa shape index (κ1) is 7.41. The van der Waals surface area contributed by atoms with Crippen LogP contribution in [-0.2, 0) is 6.42 Å². The monoisotopic (exact) mass is 159 g/mol. The zero-order valence-corrected chi connectivity index (χ0v) is 6.92. The molecule has 0 fully saturated rings. The van der Waals surface area contributed by atoms with Crippen LogP contribution in [0.5, 0.6) is 0 Å². The molecule has 1 heterocycles. The van der Waals surface area contributed by atoms with E-state index in [2.05, 4.69) is 24.5 Å². The molecular weight excluding hydrogens is 148 g/mol. The van der Waals surface area contributed by atoms with Gasteiger partial charge in [-0.25, -0.2) is 0 Å². The fraction of sp³-hybridized carbons (Fsp3) is 0.273. The molecule has 1 aliphatic rings. The van der Waals surface area contributed by atoms with Gasteiger partial charge in [0.25, 0.3) is 0 Å². The van der Waals surface area contributed by atoms with Crippen LogP contribution in [0.2, 0.25) is 0 Å². The molecule has 1 aliphatic carbocycles. The summed E-state index contributed by atoms with van der Waals surface area (Å²) in [7, 11) is 0. The highest BCUT2D eigenvalue weighted by atomic mass is 16.3. The molecule has 1 aromatic heterocycles. The fourth-order valence-electron chi connectivity index (χ4n) is 1.40. The zero-order chi connectivity index (χ0) is 8.23. The van der Waals surface area contributed by atoms with E-state index in [1.54, 1.807) is 6.26 Å². The van der Waals surface area contributed by atoms with Crippen LogP contribution in [0.1, 0.15) is 18.4 Å². The summed E-state index contributed by atoms with van der Waals surface area (Å²) in [5.41, 5.74) is 2.62. The molecule has 2 rings (SSSR count). The smallest absolute Gasteiger partial charge is 0.172 e. The van der Waals surface area contributed by atoms with E-state index in [-0.39, 0.29) is 0 Å². The van der Waals surface area contributed by atoms with E-state index in [1.165, 1.54) is 18.4 Å². The van der Waals surface area contributed by atoms with E-state index in [0.717, 1.165) is 12.0 Å². The van der Waals surface area contributed by atoms with E-state index < -0.39 is 0 Å². The molecule has 0 bridgehead atoms. The molecule has 0 unspecified atom stereocenters. The molecule has 0 saturated carbocycles. The van der Waals surface area contributed by atoms with Gasteiger partial charge in [-0.15, -0.1) is 0 Å². The second-order valence-corrected chi connectivity index (χ2v) is 3.02. The molecular formula is C11H11O. The Balaban J connectivity index is 2.03. The highest BCUT2D eigenvalue weighted by Crippen LogP contribution is 2.16. The summed E-state index contributed by atoms with van der Waals surface area (Å²) >= 11 is 0. The normalized spacial score (nSPS) is 16.2. The van der Waals surface area contributed by atoms with Gasteiger partial charge in [-0.1, -0.05) is 23.8 Å². The van der Waals surface area contributed by atoms with E-state index in [9.17, 15) is 0 Å². The standard InChI is InChI=1S/C11H11O/c1-2-4-10(5-3-1)8-11-6-7-12-9-11/h1-2,4,6-7H,3,5,8H2. The van der Waals surface area contributed by atoms with Crippen molar-refractivity contribution in [1.82, 2.24) is 0 Å². The van der Waals surface area contributed by atoms with Gasteiger partial charge in [0.2, 0.25) is 0 Å². The third-order valence-corrected chi connectivity index (χ3v) is 2.04. The van der Waals surface area contributed by atoms with E-state index in [4.69, 9.17) is 4.42 Å². The van der Waals surface area contributed by atoms with Crippen molar-refractivity contribution in [3.05, 3.63) is 48.0 Å². The summed E-state index contributed by atoms with van der Waals surface area (Å²) in [4.78, 5) is 0. The number of hydrogen-bond donors (Lipinski definition) is 0. The predicted octanol–water partition coefficient (Wildman–Crippen LogP) is 2.90. The van der Waals surface area contributed by atoms with Crippen molar-refractivity contribution in [2.24, 2.45) is 0 Å². The molecule has 61 valence electrons. The van der Waals surface area contributed by atoms with Gasteiger partial charge < -0.3 is 4.42 Å². The minimum absolute atomic E-state index is 0.987. The van der Waals surface area contributed by atoms with Gasteiger partial charge in [0.05, 0.1) is 6.26 Å². The second kappa shape index (κ2) is 3.44. The van der Waals surface area contributed by atoms with Crippen molar-refractivity contribution >= 4 is 0 Å². The van der Waals surface area contributed by atoms with Crippen LogP contribution in [0.4, 0.5) is 0 Å². The number of rotatable bonds is 2. The third kappa shape index (κ3) is 1.67. The Hall–Kier alpha value is -1.24. The van der Waals surface area contributed by atoms with Crippen molar-refractivity contribution in [2.45, 2.75) is 19.3 Å². The molecule has 0 amide bonds. The SMILES string of the molecule is [c]1occc1CC1=CC=CCC1. The Bertz CT molecular complexity index is 291. The maximum atomic E-state index is 4.89. The topological polar surface area (TPSA) is 13.1 Å². The van der Waals surface area contributed by atoms with Crippen LogP contribution in [-0.4, -0.2) is 0 Å². The lowest BCUT2D eigenvalue weighted by Crippen LogP contribution is -1.91. The first-order chi connectivity index (χ1) is 5.95. The van der Waals surface area contributed by atoms with Crippen LogP contribution in [0.3, 0.4) is 0 Å². The van der Waals surface area contributed by atoms with Crippen molar-refractivity contribution in [2.75, 3.05) is 0 Å². The molecule has 0 aliphatic heterocycles. The Labute approximate surface area is 72.4 Å². The first-order valence-electron chi connectivity index (χ1n) is 4.24. The summed E-state index contributed by atoms with van der Waals surface area (Å²) in [5.74, 6) is 0. The molecule has 12 heavy (non-hydrogen) atoms. The summed E-state index contributed by atoms with van der Waals surface area (Å²) < 4.78 is 4.89. The average Bonchev–Trinajstić information content (AvgIpc) is 2.59. The van der Waals surface area contributed by atoms with Crippen LogP contribution < -0.4 is 0 Å². The van der Waals surface area contributed by atoms with Gasteiger partial charge >= 0.3 is 0 Å². The molecule has 0 N–H and O–H groups in total. The van der Waals surface area contributed by atoms with Crippen LogP contribution >= 0.6 is 0 Å². The van der Waals surface area contributed by atoms with Gasteiger partial charge in [-0.05, 0) is 25.3 Å². The lowest BCUT2D eigenvalue weighted by Gasteiger charge is -2.06. The summed E-state index contributed by atoms with van der Waals surface area (Å²) in [5, 5.41) is 0. The van der Waals surface area contributed by atoms with Crippen molar-refractivity contribution in [1.29, 1.82) is 0 Å². The van der Waals surface area contributed by atoms with Gasteiger partial charge in [0.15, 0.2) is 6.26 Å². The Morgan fingerprint density at radius 3 is 3.17 bits per heavy atom. The summed E-state index contributed by atoms with van der Waals surface area (Å²) in [6, 6.07) is 1.97. The molecule has 0 atom stereocenters. The maximum Gasteiger partial charge on any atom is 0.172 e. The van der Waals surface area contributed by atoms with Crippen molar-refractivity contribution in [3.8, 4) is 0 Å². The fourth-order valence-corrected chi connectivity index (χ4v) is 1.40. The second-order valence-electron chi connectivity index (χ2n) is 3.02. The van der Waals surface area contributed by atoms with E-state index in [0.29, 0.717) is 0 Å². The van der Waals surface area contributed by atoms with Gasteiger partial charge in [0.1, 0.15) is 0 Å². The molecule has 1 aromatic rings. The lowest BCUT2D eigenvalue weighted by molar-refractivity contribution is 0.555. The van der Waals surface area contributed by atoms with Gasteiger partial charge in [0, 0.05) is 5.56 Å². The van der Waals surface area contributed by atoms with E-state index >= 15 is 0 Å².